The summed E-state index contributed by atoms with van der Waals surface area (Å²) >= 11 is 0. The zero-order valence-corrected chi connectivity index (χ0v) is 13.0. The zero-order chi connectivity index (χ0) is 15.4. The van der Waals surface area contributed by atoms with E-state index in [9.17, 15) is 4.79 Å². The van der Waals surface area contributed by atoms with Gasteiger partial charge in [-0.3, -0.25) is 14.8 Å². The number of hydrogen-bond donors (Lipinski definition) is 1. The van der Waals surface area contributed by atoms with Crippen LogP contribution in [0.2, 0.25) is 0 Å². The van der Waals surface area contributed by atoms with Crippen LogP contribution < -0.4 is 5.32 Å². The van der Waals surface area contributed by atoms with Crippen LogP contribution in [0.4, 0.5) is 0 Å². The third-order valence-corrected chi connectivity index (χ3v) is 3.44. The number of amides is 1. The van der Waals surface area contributed by atoms with Gasteiger partial charge in [0.2, 0.25) is 0 Å². The molecule has 1 amide bonds. The number of rotatable bonds is 4. The Kier molecular flexibility index (Phi) is 4.68. The van der Waals surface area contributed by atoms with Crippen LogP contribution in [0.15, 0.2) is 30.5 Å². The molecule has 0 aliphatic carbocycles. The Morgan fingerprint density at radius 1 is 1.24 bits per heavy atom. The number of aryl methyl sites for hydroxylation is 3. The van der Waals surface area contributed by atoms with Crippen LogP contribution in [0, 0.1) is 20.8 Å². The van der Waals surface area contributed by atoms with Crippen LogP contribution >= 0.6 is 0 Å². The van der Waals surface area contributed by atoms with Crippen molar-refractivity contribution in [3.8, 4) is 0 Å². The molecule has 21 heavy (non-hydrogen) atoms. The Hall–Kier alpha value is -2.23. The molecule has 4 nitrogen and oxygen atoms in total. The average molecular weight is 283 g/mol. The average Bonchev–Trinajstić information content (AvgIpc) is 2.44. The second-order valence-corrected chi connectivity index (χ2v) is 5.28. The first-order valence-corrected chi connectivity index (χ1v) is 7.19. The number of carbonyl (C=O) groups is 1. The van der Waals surface area contributed by atoms with E-state index in [1.54, 1.807) is 18.3 Å². The summed E-state index contributed by atoms with van der Waals surface area (Å²) in [5.41, 5.74) is 4.36. The third-order valence-electron chi connectivity index (χ3n) is 3.44. The molecule has 0 fully saturated rings. The summed E-state index contributed by atoms with van der Waals surface area (Å²) in [6.07, 6.45) is 2.56. The number of aromatic nitrogens is 2. The fourth-order valence-electron chi connectivity index (χ4n) is 2.43. The quantitative estimate of drug-likeness (QED) is 0.936. The number of nitrogens with zero attached hydrogens (tertiary/aromatic N) is 2. The molecule has 1 N–H and O–H groups in total. The SMILES string of the molecule is CC[C@@H](NC(=O)c1cc(C)nc(C)c1)c1ncccc1C. The minimum absolute atomic E-state index is 0.0764. The molecule has 2 aromatic rings. The molecule has 2 heterocycles. The fraction of sp³-hybridized carbons (Fsp3) is 0.353. The molecule has 0 unspecified atom stereocenters. The Balaban J connectivity index is 2.22. The second-order valence-electron chi connectivity index (χ2n) is 5.28. The third kappa shape index (κ3) is 3.66. The summed E-state index contributed by atoms with van der Waals surface area (Å²) in [5, 5.41) is 3.07. The van der Waals surface area contributed by atoms with Gasteiger partial charge in [-0.05, 0) is 51.0 Å². The van der Waals surface area contributed by atoms with E-state index in [0.717, 1.165) is 29.1 Å². The highest BCUT2D eigenvalue weighted by Crippen LogP contribution is 2.18. The first-order valence-electron chi connectivity index (χ1n) is 7.19. The van der Waals surface area contributed by atoms with Crippen LogP contribution in [0.25, 0.3) is 0 Å². The molecule has 0 saturated carbocycles. The summed E-state index contributed by atoms with van der Waals surface area (Å²) in [4.78, 5) is 21.1. The highest BCUT2D eigenvalue weighted by Gasteiger charge is 2.17. The summed E-state index contributed by atoms with van der Waals surface area (Å²) in [6, 6.07) is 7.45. The first kappa shape index (κ1) is 15.2. The summed E-state index contributed by atoms with van der Waals surface area (Å²) in [6.45, 7) is 7.84. The van der Waals surface area contributed by atoms with Crippen LogP contribution in [0.5, 0.6) is 0 Å². The van der Waals surface area contributed by atoms with Gasteiger partial charge in [0.25, 0.3) is 5.91 Å². The first-order chi connectivity index (χ1) is 10.0. The molecular weight excluding hydrogens is 262 g/mol. The Labute approximate surface area is 125 Å². The minimum atomic E-state index is -0.0829. The van der Waals surface area contributed by atoms with Crippen molar-refractivity contribution in [1.82, 2.24) is 15.3 Å². The van der Waals surface area contributed by atoms with Crippen molar-refractivity contribution >= 4 is 5.91 Å². The monoisotopic (exact) mass is 283 g/mol. The highest BCUT2D eigenvalue weighted by molar-refractivity contribution is 5.94. The van der Waals surface area contributed by atoms with Crippen molar-refractivity contribution in [2.24, 2.45) is 0 Å². The molecular formula is C17H21N3O. The van der Waals surface area contributed by atoms with E-state index in [4.69, 9.17) is 0 Å². The van der Waals surface area contributed by atoms with E-state index in [0.29, 0.717) is 5.56 Å². The van der Waals surface area contributed by atoms with E-state index in [2.05, 4.69) is 15.3 Å². The lowest BCUT2D eigenvalue weighted by molar-refractivity contribution is 0.0934. The standard InChI is InChI=1S/C17H21N3O/c1-5-15(16-11(2)7-6-8-18-16)20-17(21)14-9-12(3)19-13(4)10-14/h6-10,15H,5H2,1-4H3,(H,20,21)/t15-/m1/s1. The molecule has 0 radical (unpaired) electrons. The van der Waals surface area contributed by atoms with Crippen molar-refractivity contribution in [3.05, 3.63) is 58.7 Å². The minimum Gasteiger partial charge on any atom is -0.344 e. The number of carbonyl (C=O) groups excluding carboxylic acids is 1. The lowest BCUT2D eigenvalue weighted by Gasteiger charge is -2.18. The van der Waals surface area contributed by atoms with Crippen molar-refractivity contribution in [1.29, 1.82) is 0 Å². The van der Waals surface area contributed by atoms with Crippen LogP contribution in [-0.2, 0) is 0 Å². The molecule has 0 spiro atoms. The Morgan fingerprint density at radius 3 is 2.48 bits per heavy atom. The van der Waals surface area contributed by atoms with Gasteiger partial charge < -0.3 is 5.32 Å². The van der Waals surface area contributed by atoms with Gasteiger partial charge in [0.1, 0.15) is 0 Å². The maximum Gasteiger partial charge on any atom is 0.251 e. The zero-order valence-electron chi connectivity index (χ0n) is 13.0. The number of nitrogens with one attached hydrogen (secondary N) is 1. The van der Waals surface area contributed by atoms with E-state index >= 15 is 0 Å². The van der Waals surface area contributed by atoms with Crippen molar-refractivity contribution in [3.63, 3.8) is 0 Å². The van der Waals surface area contributed by atoms with E-state index < -0.39 is 0 Å². The van der Waals surface area contributed by atoms with E-state index in [-0.39, 0.29) is 11.9 Å². The maximum atomic E-state index is 12.4. The Morgan fingerprint density at radius 2 is 1.90 bits per heavy atom. The molecule has 4 heteroatoms. The topological polar surface area (TPSA) is 54.9 Å². The molecule has 0 saturated heterocycles. The van der Waals surface area contributed by atoms with Crippen LogP contribution in [0.1, 0.15) is 52.4 Å². The lowest BCUT2D eigenvalue weighted by Crippen LogP contribution is -2.29. The maximum absolute atomic E-state index is 12.4. The van der Waals surface area contributed by atoms with Gasteiger partial charge >= 0.3 is 0 Å². The van der Waals surface area contributed by atoms with E-state index in [1.165, 1.54) is 0 Å². The van der Waals surface area contributed by atoms with Crippen molar-refractivity contribution < 1.29 is 4.79 Å². The molecule has 0 aliphatic heterocycles. The summed E-state index contributed by atoms with van der Waals surface area (Å²) in [5.74, 6) is -0.0829. The molecule has 110 valence electrons. The molecule has 1 atom stereocenters. The second kappa shape index (κ2) is 6.48. The van der Waals surface area contributed by atoms with E-state index in [1.807, 2.05) is 39.8 Å². The summed E-state index contributed by atoms with van der Waals surface area (Å²) in [7, 11) is 0. The summed E-state index contributed by atoms with van der Waals surface area (Å²) < 4.78 is 0. The van der Waals surface area contributed by atoms with Crippen LogP contribution in [-0.4, -0.2) is 15.9 Å². The van der Waals surface area contributed by atoms with Gasteiger partial charge in [-0.1, -0.05) is 13.0 Å². The molecule has 2 rings (SSSR count). The van der Waals surface area contributed by atoms with Crippen LogP contribution in [0.3, 0.4) is 0 Å². The van der Waals surface area contributed by atoms with Gasteiger partial charge in [0.15, 0.2) is 0 Å². The Bertz CT molecular complexity index is 632. The molecule has 0 aromatic carbocycles. The molecule has 2 aromatic heterocycles. The highest BCUT2D eigenvalue weighted by atomic mass is 16.1. The number of pyridine rings is 2. The van der Waals surface area contributed by atoms with Gasteiger partial charge in [-0.2, -0.15) is 0 Å². The molecule has 0 bridgehead atoms. The van der Waals surface area contributed by atoms with Gasteiger partial charge in [0.05, 0.1) is 11.7 Å². The molecule has 0 aliphatic rings. The lowest BCUT2D eigenvalue weighted by atomic mass is 10.0. The van der Waals surface area contributed by atoms with Crippen molar-refractivity contribution in [2.45, 2.75) is 40.2 Å². The smallest absolute Gasteiger partial charge is 0.251 e. The normalized spacial score (nSPS) is 12.0. The van der Waals surface area contributed by atoms with Gasteiger partial charge in [-0.15, -0.1) is 0 Å². The number of hydrogen-bond acceptors (Lipinski definition) is 3. The van der Waals surface area contributed by atoms with Crippen molar-refractivity contribution in [2.75, 3.05) is 0 Å². The predicted molar refractivity (Wildman–Crippen MR) is 83.2 cm³/mol. The van der Waals surface area contributed by atoms with Gasteiger partial charge in [-0.25, -0.2) is 0 Å². The predicted octanol–water partition coefficient (Wildman–Crippen LogP) is 3.28. The largest absolute Gasteiger partial charge is 0.344 e. The fourth-order valence-corrected chi connectivity index (χ4v) is 2.43. The van der Waals surface area contributed by atoms with Gasteiger partial charge in [0, 0.05) is 23.1 Å².